The van der Waals surface area contributed by atoms with Crippen LogP contribution in [0.4, 0.5) is 16.5 Å². The summed E-state index contributed by atoms with van der Waals surface area (Å²) in [5.41, 5.74) is 1.46. The van der Waals surface area contributed by atoms with Crippen molar-refractivity contribution in [2.24, 2.45) is 0 Å². The predicted octanol–water partition coefficient (Wildman–Crippen LogP) is 2.45. The Morgan fingerprint density at radius 1 is 1.42 bits per heavy atom. The molecule has 0 bridgehead atoms. The number of aryl methyl sites for hydroxylation is 1. The first-order valence-corrected chi connectivity index (χ1v) is 8.27. The van der Waals surface area contributed by atoms with Crippen molar-refractivity contribution in [3.8, 4) is 0 Å². The highest BCUT2D eigenvalue weighted by atomic mass is 32.1. The molecule has 1 aromatic carbocycles. The van der Waals surface area contributed by atoms with Gasteiger partial charge in [-0.25, -0.2) is 4.98 Å². The Hall–Kier alpha value is -2.52. The van der Waals surface area contributed by atoms with Crippen LogP contribution in [0.15, 0.2) is 23.6 Å². The number of ether oxygens (including phenoxy) is 1. The summed E-state index contributed by atoms with van der Waals surface area (Å²) in [6.07, 6.45) is 0. The SMILES string of the molecule is Cc1csc(NC(=O)c2ccc(N3CCOCC3)c([N+](=O)[O-])c2)n1. The van der Waals surface area contributed by atoms with E-state index in [-0.39, 0.29) is 11.3 Å². The Kier molecular flexibility index (Phi) is 4.72. The van der Waals surface area contributed by atoms with Crippen LogP contribution in [0.25, 0.3) is 0 Å². The van der Waals surface area contributed by atoms with Crippen molar-refractivity contribution in [2.75, 3.05) is 36.5 Å². The van der Waals surface area contributed by atoms with E-state index in [9.17, 15) is 14.9 Å². The fourth-order valence-electron chi connectivity index (χ4n) is 2.46. The zero-order chi connectivity index (χ0) is 17.1. The first-order valence-electron chi connectivity index (χ1n) is 7.39. The van der Waals surface area contributed by atoms with Crippen LogP contribution in [-0.4, -0.2) is 42.1 Å². The van der Waals surface area contributed by atoms with E-state index < -0.39 is 10.8 Å². The molecule has 1 amide bonds. The summed E-state index contributed by atoms with van der Waals surface area (Å²) in [7, 11) is 0. The predicted molar refractivity (Wildman–Crippen MR) is 90.9 cm³/mol. The minimum absolute atomic E-state index is 0.0835. The average Bonchev–Trinajstić information content (AvgIpc) is 3.00. The van der Waals surface area contributed by atoms with Gasteiger partial charge in [-0.1, -0.05) is 0 Å². The highest BCUT2D eigenvalue weighted by Gasteiger charge is 2.23. The van der Waals surface area contributed by atoms with Crippen molar-refractivity contribution in [1.29, 1.82) is 0 Å². The molecule has 8 nitrogen and oxygen atoms in total. The lowest BCUT2D eigenvalue weighted by Crippen LogP contribution is -2.36. The Morgan fingerprint density at radius 3 is 2.79 bits per heavy atom. The van der Waals surface area contributed by atoms with E-state index in [0.717, 1.165) is 5.69 Å². The number of nitro groups is 1. The minimum Gasteiger partial charge on any atom is -0.378 e. The molecule has 126 valence electrons. The molecule has 0 spiro atoms. The van der Waals surface area contributed by atoms with Gasteiger partial charge in [0.05, 0.1) is 23.8 Å². The number of aromatic nitrogens is 1. The van der Waals surface area contributed by atoms with Crippen LogP contribution in [0, 0.1) is 17.0 Å². The van der Waals surface area contributed by atoms with Crippen LogP contribution in [0.5, 0.6) is 0 Å². The molecule has 0 aliphatic carbocycles. The van der Waals surface area contributed by atoms with Gasteiger partial charge < -0.3 is 9.64 Å². The van der Waals surface area contributed by atoms with Gasteiger partial charge in [-0.15, -0.1) is 11.3 Å². The molecule has 1 saturated heterocycles. The van der Waals surface area contributed by atoms with E-state index in [1.54, 1.807) is 12.1 Å². The third kappa shape index (κ3) is 3.52. The van der Waals surface area contributed by atoms with Crippen molar-refractivity contribution in [3.05, 3.63) is 45.0 Å². The van der Waals surface area contributed by atoms with Gasteiger partial charge in [-0.3, -0.25) is 20.2 Å². The molecule has 1 aliphatic heterocycles. The van der Waals surface area contributed by atoms with Crippen LogP contribution in [0.2, 0.25) is 0 Å². The maximum atomic E-state index is 12.3. The summed E-state index contributed by atoms with van der Waals surface area (Å²) in [4.78, 5) is 29.3. The second-order valence-electron chi connectivity index (χ2n) is 5.31. The zero-order valence-corrected chi connectivity index (χ0v) is 13.8. The number of carbonyl (C=O) groups is 1. The number of nitrogens with one attached hydrogen (secondary N) is 1. The highest BCUT2D eigenvalue weighted by molar-refractivity contribution is 7.13. The molecular weight excluding hydrogens is 332 g/mol. The number of nitrogens with zero attached hydrogens (tertiary/aromatic N) is 3. The summed E-state index contributed by atoms with van der Waals surface area (Å²) in [6.45, 7) is 4.06. The lowest BCUT2D eigenvalue weighted by Gasteiger charge is -2.28. The molecule has 2 heterocycles. The maximum absolute atomic E-state index is 12.3. The number of rotatable bonds is 4. The standard InChI is InChI=1S/C15H16N4O4S/c1-10-9-24-15(16-10)17-14(20)11-2-3-12(13(8-11)19(21)22)18-4-6-23-7-5-18/h2-3,8-9H,4-7H2,1H3,(H,16,17,20). The van der Waals surface area contributed by atoms with Crippen LogP contribution in [0.1, 0.15) is 16.1 Å². The fraction of sp³-hybridized carbons (Fsp3) is 0.333. The number of hydrogen-bond donors (Lipinski definition) is 1. The molecule has 1 aliphatic rings. The zero-order valence-electron chi connectivity index (χ0n) is 13.0. The number of carbonyl (C=O) groups excluding carboxylic acids is 1. The van der Waals surface area contributed by atoms with Gasteiger partial charge in [0.2, 0.25) is 0 Å². The monoisotopic (exact) mass is 348 g/mol. The molecule has 0 saturated carbocycles. The largest absolute Gasteiger partial charge is 0.378 e. The van der Waals surface area contributed by atoms with Crippen molar-refractivity contribution < 1.29 is 14.5 Å². The Bertz CT molecular complexity index is 771. The van der Waals surface area contributed by atoms with E-state index in [0.29, 0.717) is 37.1 Å². The number of hydrogen-bond acceptors (Lipinski definition) is 7. The van der Waals surface area contributed by atoms with E-state index >= 15 is 0 Å². The van der Waals surface area contributed by atoms with E-state index in [1.165, 1.54) is 17.4 Å². The van der Waals surface area contributed by atoms with Gasteiger partial charge in [0.1, 0.15) is 5.69 Å². The quantitative estimate of drug-likeness (QED) is 0.673. The number of morpholine rings is 1. The smallest absolute Gasteiger partial charge is 0.293 e. The van der Waals surface area contributed by atoms with Gasteiger partial charge in [0, 0.05) is 30.1 Å². The van der Waals surface area contributed by atoms with Gasteiger partial charge in [0.15, 0.2) is 5.13 Å². The Morgan fingerprint density at radius 2 is 2.17 bits per heavy atom. The summed E-state index contributed by atoms with van der Waals surface area (Å²) in [5.74, 6) is -0.416. The molecule has 1 fully saturated rings. The second-order valence-corrected chi connectivity index (χ2v) is 6.17. The van der Waals surface area contributed by atoms with Gasteiger partial charge in [-0.2, -0.15) is 0 Å². The van der Waals surface area contributed by atoms with E-state index in [2.05, 4.69) is 10.3 Å². The lowest BCUT2D eigenvalue weighted by atomic mass is 10.1. The van der Waals surface area contributed by atoms with E-state index in [4.69, 9.17) is 4.74 Å². The summed E-state index contributed by atoms with van der Waals surface area (Å²) >= 11 is 1.31. The third-order valence-corrected chi connectivity index (χ3v) is 4.50. The molecular formula is C15H16N4O4S. The highest BCUT2D eigenvalue weighted by Crippen LogP contribution is 2.30. The minimum atomic E-state index is -0.463. The molecule has 24 heavy (non-hydrogen) atoms. The van der Waals surface area contributed by atoms with Crippen molar-refractivity contribution in [2.45, 2.75) is 6.92 Å². The summed E-state index contributed by atoms with van der Waals surface area (Å²) in [6, 6.07) is 4.51. The molecule has 3 rings (SSSR count). The van der Waals surface area contributed by atoms with Gasteiger partial charge >= 0.3 is 0 Å². The Labute approximate surface area is 142 Å². The normalized spacial score (nSPS) is 14.5. The molecule has 2 aromatic rings. The average molecular weight is 348 g/mol. The lowest BCUT2D eigenvalue weighted by molar-refractivity contribution is -0.384. The number of amides is 1. The van der Waals surface area contributed by atoms with Crippen LogP contribution >= 0.6 is 11.3 Å². The molecule has 9 heteroatoms. The molecule has 0 radical (unpaired) electrons. The topological polar surface area (TPSA) is 97.6 Å². The van der Waals surface area contributed by atoms with Crippen molar-refractivity contribution >= 4 is 33.8 Å². The molecule has 0 atom stereocenters. The molecule has 1 aromatic heterocycles. The van der Waals surface area contributed by atoms with Crippen molar-refractivity contribution in [1.82, 2.24) is 4.98 Å². The summed E-state index contributed by atoms with van der Waals surface area (Å²) < 4.78 is 5.27. The van der Waals surface area contributed by atoms with Crippen LogP contribution in [0.3, 0.4) is 0 Å². The number of nitro benzene ring substituents is 1. The van der Waals surface area contributed by atoms with Gasteiger partial charge in [-0.05, 0) is 19.1 Å². The molecule has 0 unspecified atom stereocenters. The first-order chi connectivity index (χ1) is 11.5. The number of thiazole rings is 1. The summed E-state index contributed by atoms with van der Waals surface area (Å²) in [5, 5.41) is 16.4. The first kappa shape index (κ1) is 16.3. The third-order valence-electron chi connectivity index (χ3n) is 3.63. The van der Waals surface area contributed by atoms with Crippen LogP contribution < -0.4 is 10.2 Å². The number of anilines is 2. The molecule has 1 N–H and O–H groups in total. The van der Waals surface area contributed by atoms with E-state index in [1.807, 2.05) is 17.2 Å². The Balaban J connectivity index is 1.85. The van der Waals surface area contributed by atoms with Crippen LogP contribution in [-0.2, 0) is 4.74 Å². The fourth-order valence-corrected chi connectivity index (χ4v) is 3.15. The maximum Gasteiger partial charge on any atom is 0.293 e. The second kappa shape index (κ2) is 6.93. The van der Waals surface area contributed by atoms with Crippen molar-refractivity contribution in [3.63, 3.8) is 0 Å². The van der Waals surface area contributed by atoms with Gasteiger partial charge in [0.25, 0.3) is 11.6 Å². The number of benzene rings is 1.